The summed E-state index contributed by atoms with van der Waals surface area (Å²) in [4.78, 5) is 11.3. The molecule has 0 aromatic heterocycles. The number of fused-ring (bicyclic) bond motifs is 1. The summed E-state index contributed by atoms with van der Waals surface area (Å²) in [5.74, 6) is 0.551. The van der Waals surface area contributed by atoms with Gasteiger partial charge in [0.05, 0.1) is 30.3 Å². The summed E-state index contributed by atoms with van der Waals surface area (Å²) in [6.45, 7) is 2.43. The number of benzene rings is 1. The van der Waals surface area contributed by atoms with Crippen LogP contribution in [0.3, 0.4) is 0 Å². The monoisotopic (exact) mass is 298 g/mol. The van der Waals surface area contributed by atoms with Gasteiger partial charge in [0.1, 0.15) is 5.75 Å². The lowest BCUT2D eigenvalue weighted by molar-refractivity contribution is -0.119. The predicted octanol–water partition coefficient (Wildman–Crippen LogP) is 1.95. The van der Waals surface area contributed by atoms with E-state index in [2.05, 4.69) is 5.32 Å². The Morgan fingerprint density at radius 1 is 1.65 bits per heavy atom. The van der Waals surface area contributed by atoms with Gasteiger partial charge in [0, 0.05) is 26.0 Å². The van der Waals surface area contributed by atoms with Crippen molar-refractivity contribution in [2.75, 3.05) is 20.3 Å². The molecule has 3 N–H and O–H groups in total. The molecule has 6 heteroatoms. The number of amides is 1. The molecule has 2 unspecified atom stereocenters. The lowest BCUT2D eigenvalue weighted by atomic mass is 9.96. The Hall–Kier alpha value is -1.30. The van der Waals surface area contributed by atoms with Gasteiger partial charge in [-0.1, -0.05) is 11.6 Å². The van der Waals surface area contributed by atoms with Crippen molar-refractivity contribution in [1.29, 1.82) is 0 Å². The molecular weight excluding hydrogens is 280 g/mol. The summed E-state index contributed by atoms with van der Waals surface area (Å²) in [6, 6.07) is 3.37. The molecule has 0 fully saturated rings. The second-order valence-corrected chi connectivity index (χ2v) is 5.28. The highest BCUT2D eigenvalue weighted by Gasteiger charge is 2.25. The predicted molar refractivity (Wildman–Crippen MR) is 76.9 cm³/mol. The maximum Gasteiger partial charge on any atom is 0.217 e. The zero-order valence-corrected chi connectivity index (χ0v) is 12.4. The number of nitrogens with two attached hydrogens (primary N) is 1. The summed E-state index contributed by atoms with van der Waals surface area (Å²) in [7, 11) is 1.60. The molecule has 0 aliphatic carbocycles. The van der Waals surface area contributed by atoms with E-state index >= 15 is 0 Å². The number of rotatable bonds is 4. The van der Waals surface area contributed by atoms with Crippen LogP contribution < -0.4 is 15.8 Å². The van der Waals surface area contributed by atoms with E-state index in [-0.39, 0.29) is 18.0 Å². The lowest BCUT2D eigenvalue weighted by Crippen LogP contribution is -2.31. The minimum atomic E-state index is -0.261. The molecule has 2 atom stereocenters. The van der Waals surface area contributed by atoms with Crippen molar-refractivity contribution in [3.63, 3.8) is 0 Å². The van der Waals surface area contributed by atoms with Crippen molar-refractivity contribution in [2.45, 2.75) is 25.4 Å². The van der Waals surface area contributed by atoms with Gasteiger partial charge in [-0.2, -0.15) is 0 Å². The van der Waals surface area contributed by atoms with Gasteiger partial charge < -0.3 is 20.5 Å². The minimum absolute atomic E-state index is 0.0782. The average molecular weight is 299 g/mol. The van der Waals surface area contributed by atoms with Crippen LogP contribution in [0.2, 0.25) is 5.02 Å². The van der Waals surface area contributed by atoms with Crippen molar-refractivity contribution in [3.8, 4) is 5.75 Å². The second kappa shape index (κ2) is 6.43. The molecular formula is C14H19ClN2O3. The van der Waals surface area contributed by atoms with Gasteiger partial charge in [-0.05, 0) is 17.7 Å². The summed E-state index contributed by atoms with van der Waals surface area (Å²) < 4.78 is 10.7. The Morgan fingerprint density at radius 3 is 3.05 bits per heavy atom. The molecule has 1 aliphatic rings. The standard InChI is InChI=1S/C14H19ClN2O3/c1-8(18)17-13-3-4-20-14-10(13)5-9(6-11(14)15)12(16)7-19-2/h5-6,12-13H,3-4,7,16H2,1-2H3,(H,17,18). The van der Waals surface area contributed by atoms with E-state index in [1.807, 2.05) is 6.07 Å². The molecule has 1 aliphatic heterocycles. The third kappa shape index (κ3) is 3.23. The number of ether oxygens (including phenoxy) is 2. The first kappa shape index (κ1) is 15.1. The minimum Gasteiger partial charge on any atom is -0.492 e. The number of methoxy groups -OCH3 is 1. The highest BCUT2D eigenvalue weighted by atomic mass is 35.5. The lowest BCUT2D eigenvalue weighted by Gasteiger charge is -2.28. The Morgan fingerprint density at radius 2 is 2.40 bits per heavy atom. The number of nitrogens with one attached hydrogen (secondary N) is 1. The Labute approximate surface area is 123 Å². The normalized spacial score (nSPS) is 18.9. The van der Waals surface area contributed by atoms with Crippen molar-refractivity contribution in [1.82, 2.24) is 5.32 Å². The highest BCUT2D eigenvalue weighted by Crippen LogP contribution is 2.39. The second-order valence-electron chi connectivity index (χ2n) is 4.87. The molecule has 1 amide bonds. The van der Waals surface area contributed by atoms with E-state index < -0.39 is 0 Å². The fraction of sp³-hybridized carbons (Fsp3) is 0.500. The third-order valence-electron chi connectivity index (χ3n) is 3.27. The maximum absolute atomic E-state index is 11.3. The number of carbonyl (C=O) groups excluding carboxylic acids is 1. The average Bonchev–Trinajstić information content (AvgIpc) is 2.39. The van der Waals surface area contributed by atoms with Crippen molar-refractivity contribution in [3.05, 3.63) is 28.3 Å². The van der Waals surface area contributed by atoms with Crippen LogP contribution in [0.5, 0.6) is 5.75 Å². The fourth-order valence-electron chi connectivity index (χ4n) is 2.37. The maximum atomic E-state index is 11.3. The van der Waals surface area contributed by atoms with Crippen LogP contribution in [-0.2, 0) is 9.53 Å². The van der Waals surface area contributed by atoms with Crippen LogP contribution in [0.25, 0.3) is 0 Å². The van der Waals surface area contributed by atoms with Crippen LogP contribution in [-0.4, -0.2) is 26.2 Å². The Kier molecular flexibility index (Phi) is 4.86. The van der Waals surface area contributed by atoms with E-state index in [4.69, 9.17) is 26.8 Å². The molecule has 1 heterocycles. The number of halogens is 1. The van der Waals surface area contributed by atoms with Crippen molar-refractivity contribution < 1.29 is 14.3 Å². The molecule has 0 spiro atoms. The molecule has 0 saturated carbocycles. The summed E-state index contributed by atoms with van der Waals surface area (Å²) in [5.41, 5.74) is 7.79. The topological polar surface area (TPSA) is 73.6 Å². The smallest absolute Gasteiger partial charge is 0.217 e. The van der Waals surface area contributed by atoms with Crippen LogP contribution in [0.1, 0.15) is 36.6 Å². The zero-order chi connectivity index (χ0) is 14.7. The van der Waals surface area contributed by atoms with Crippen LogP contribution in [0, 0.1) is 0 Å². The molecule has 5 nitrogen and oxygen atoms in total. The highest BCUT2D eigenvalue weighted by molar-refractivity contribution is 6.32. The van der Waals surface area contributed by atoms with Crippen LogP contribution in [0.4, 0.5) is 0 Å². The van der Waals surface area contributed by atoms with Gasteiger partial charge >= 0.3 is 0 Å². The van der Waals surface area contributed by atoms with Crippen LogP contribution in [0.15, 0.2) is 12.1 Å². The molecule has 110 valence electrons. The van der Waals surface area contributed by atoms with Crippen LogP contribution >= 0.6 is 11.6 Å². The van der Waals surface area contributed by atoms with Crippen molar-refractivity contribution in [2.24, 2.45) is 5.73 Å². The van der Waals surface area contributed by atoms with Crippen molar-refractivity contribution >= 4 is 17.5 Å². The van der Waals surface area contributed by atoms with Gasteiger partial charge in [0.25, 0.3) is 0 Å². The summed E-state index contributed by atoms with van der Waals surface area (Å²) in [5, 5.41) is 3.43. The molecule has 1 aromatic rings. The molecule has 1 aromatic carbocycles. The van der Waals surface area contributed by atoms with Gasteiger partial charge in [0.2, 0.25) is 5.91 Å². The first-order valence-corrected chi connectivity index (χ1v) is 6.88. The molecule has 20 heavy (non-hydrogen) atoms. The summed E-state index contributed by atoms with van der Waals surface area (Å²) in [6.07, 6.45) is 0.714. The van der Waals surface area contributed by atoms with Gasteiger partial charge in [-0.3, -0.25) is 4.79 Å². The number of carbonyl (C=O) groups is 1. The first-order valence-electron chi connectivity index (χ1n) is 6.50. The quantitative estimate of drug-likeness (QED) is 0.891. The Balaban J connectivity index is 2.37. The fourth-order valence-corrected chi connectivity index (χ4v) is 2.66. The largest absolute Gasteiger partial charge is 0.492 e. The molecule has 2 rings (SSSR count). The van der Waals surface area contributed by atoms with Gasteiger partial charge in [-0.25, -0.2) is 0 Å². The van der Waals surface area contributed by atoms with Gasteiger partial charge in [0.15, 0.2) is 0 Å². The first-order chi connectivity index (χ1) is 9.52. The third-order valence-corrected chi connectivity index (χ3v) is 3.56. The molecule has 0 radical (unpaired) electrons. The van der Waals surface area contributed by atoms with E-state index in [1.165, 1.54) is 6.92 Å². The van der Waals surface area contributed by atoms with E-state index in [1.54, 1.807) is 13.2 Å². The Bertz CT molecular complexity index is 507. The van der Waals surface area contributed by atoms with Gasteiger partial charge in [-0.15, -0.1) is 0 Å². The zero-order valence-electron chi connectivity index (χ0n) is 11.6. The van der Waals surface area contributed by atoms with E-state index in [9.17, 15) is 4.79 Å². The summed E-state index contributed by atoms with van der Waals surface area (Å²) >= 11 is 6.26. The van der Waals surface area contributed by atoms with E-state index in [0.717, 1.165) is 11.1 Å². The number of hydrogen-bond acceptors (Lipinski definition) is 4. The molecule has 0 saturated heterocycles. The van der Waals surface area contributed by atoms with E-state index in [0.29, 0.717) is 30.4 Å². The number of hydrogen-bond donors (Lipinski definition) is 2. The SMILES string of the molecule is COCC(N)c1cc(Cl)c2c(c1)C(NC(C)=O)CCO2. The molecule has 0 bridgehead atoms.